The number of rotatable bonds is 12. The van der Waals surface area contributed by atoms with Crippen LogP contribution in [0, 0.1) is 5.82 Å². The molecule has 0 atom stereocenters. The number of aryl methyl sites for hydroxylation is 3. The van der Waals surface area contributed by atoms with Crippen LogP contribution in [0.4, 0.5) is 4.39 Å². The Hall–Kier alpha value is -3.23. The molecule has 1 aliphatic carbocycles. The summed E-state index contributed by atoms with van der Waals surface area (Å²) in [5.74, 6) is 0.375. The number of hydrogen-bond acceptors (Lipinski definition) is 4. The Bertz CT molecular complexity index is 1290. The molecule has 188 valence electrons. The maximum atomic E-state index is 13.3. The Labute approximate surface area is 203 Å². The number of aromatic nitrogens is 4. The van der Waals surface area contributed by atoms with Crippen molar-refractivity contribution in [1.29, 1.82) is 0 Å². The molecule has 1 aromatic carbocycles. The number of aromatic amines is 1. The summed E-state index contributed by atoms with van der Waals surface area (Å²) in [5.41, 5.74) is 0.819. The zero-order chi connectivity index (χ0) is 24.9. The molecular formula is C26H34FN5O3. The molecule has 0 aliphatic heterocycles. The number of benzene rings is 1. The fourth-order valence-corrected chi connectivity index (χ4v) is 4.45. The van der Waals surface area contributed by atoms with Gasteiger partial charge in [0.05, 0.1) is 0 Å². The van der Waals surface area contributed by atoms with Crippen LogP contribution in [-0.4, -0.2) is 36.0 Å². The van der Waals surface area contributed by atoms with Crippen LogP contribution >= 0.6 is 0 Å². The van der Waals surface area contributed by atoms with E-state index in [9.17, 15) is 18.8 Å². The summed E-state index contributed by atoms with van der Waals surface area (Å²) in [4.78, 5) is 47.5. The van der Waals surface area contributed by atoms with Gasteiger partial charge in [0.2, 0.25) is 5.91 Å². The highest BCUT2D eigenvalue weighted by Gasteiger charge is 2.32. The number of H-pyrrole nitrogens is 1. The lowest BCUT2D eigenvalue weighted by molar-refractivity contribution is -0.132. The van der Waals surface area contributed by atoms with E-state index in [0.29, 0.717) is 43.0 Å². The molecule has 35 heavy (non-hydrogen) atoms. The van der Waals surface area contributed by atoms with E-state index in [1.807, 2.05) is 16.4 Å². The average Bonchev–Trinajstić information content (AvgIpc) is 3.61. The molecule has 1 aliphatic rings. The predicted molar refractivity (Wildman–Crippen MR) is 133 cm³/mol. The first-order valence-electron chi connectivity index (χ1n) is 12.7. The van der Waals surface area contributed by atoms with Gasteiger partial charge in [-0.1, -0.05) is 38.8 Å². The molecule has 8 nitrogen and oxygen atoms in total. The van der Waals surface area contributed by atoms with Crippen LogP contribution in [0.5, 0.6) is 0 Å². The molecule has 2 aromatic heterocycles. The second-order valence-corrected chi connectivity index (χ2v) is 9.35. The van der Waals surface area contributed by atoms with Crippen molar-refractivity contribution in [3.05, 3.63) is 62.3 Å². The zero-order valence-electron chi connectivity index (χ0n) is 20.6. The third kappa shape index (κ3) is 5.71. The van der Waals surface area contributed by atoms with Gasteiger partial charge in [-0.2, -0.15) is 0 Å². The molecule has 0 radical (unpaired) electrons. The van der Waals surface area contributed by atoms with Crippen LogP contribution in [0.25, 0.3) is 11.2 Å². The van der Waals surface area contributed by atoms with Gasteiger partial charge in [0.15, 0.2) is 11.2 Å². The van der Waals surface area contributed by atoms with Gasteiger partial charge in [-0.3, -0.25) is 19.1 Å². The van der Waals surface area contributed by atoms with Crippen molar-refractivity contribution in [1.82, 2.24) is 24.0 Å². The van der Waals surface area contributed by atoms with Crippen LogP contribution < -0.4 is 11.2 Å². The largest absolute Gasteiger partial charge is 0.335 e. The number of hydrogen-bond donors (Lipinski definition) is 1. The molecule has 1 amide bonds. The monoisotopic (exact) mass is 483 g/mol. The summed E-state index contributed by atoms with van der Waals surface area (Å²) in [7, 11) is 0. The van der Waals surface area contributed by atoms with Crippen LogP contribution in [0.2, 0.25) is 0 Å². The highest BCUT2D eigenvalue weighted by Crippen LogP contribution is 2.29. The van der Waals surface area contributed by atoms with Gasteiger partial charge < -0.3 is 9.47 Å². The van der Waals surface area contributed by atoms with Crippen molar-refractivity contribution in [3.8, 4) is 0 Å². The van der Waals surface area contributed by atoms with Gasteiger partial charge in [0.1, 0.15) is 11.6 Å². The van der Waals surface area contributed by atoms with Gasteiger partial charge in [-0.05, 0) is 43.4 Å². The number of nitrogens with zero attached hydrogens (tertiary/aromatic N) is 4. The van der Waals surface area contributed by atoms with Gasteiger partial charge >= 0.3 is 5.69 Å². The van der Waals surface area contributed by atoms with Gasteiger partial charge in [-0.25, -0.2) is 14.2 Å². The summed E-state index contributed by atoms with van der Waals surface area (Å²) in [5, 5.41) is 0. The van der Waals surface area contributed by atoms with Gasteiger partial charge in [0, 0.05) is 38.5 Å². The van der Waals surface area contributed by atoms with Crippen molar-refractivity contribution in [2.45, 2.75) is 90.9 Å². The Balaban J connectivity index is 1.60. The second-order valence-electron chi connectivity index (χ2n) is 9.35. The lowest BCUT2D eigenvalue weighted by Gasteiger charge is -2.22. The predicted octanol–water partition coefficient (Wildman–Crippen LogP) is 3.75. The summed E-state index contributed by atoms with van der Waals surface area (Å²) in [6.45, 7) is 5.66. The molecule has 0 spiro atoms. The van der Waals surface area contributed by atoms with Crippen LogP contribution in [0.3, 0.4) is 0 Å². The summed E-state index contributed by atoms with van der Waals surface area (Å²) in [6, 6.07) is 6.47. The number of imidazole rings is 1. The maximum absolute atomic E-state index is 13.3. The minimum atomic E-state index is -0.446. The molecule has 0 bridgehead atoms. The number of carbonyl (C=O) groups excluding carboxylic acids is 1. The van der Waals surface area contributed by atoms with E-state index in [2.05, 4.69) is 11.9 Å². The number of fused-ring (bicyclic) bond motifs is 1. The summed E-state index contributed by atoms with van der Waals surface area (Å²) < 4.78 is 16.7. The number of unbranched alkanes of at least 4 members (excludes halogenated alkanes) is 2. The minimum absolute atomic E-state index is 0.0169. The second kappa shape index (κ2) is 11.0. The molecule has 1 fully saturated rings. The quantitative estimate of drug-likeness (QED) is 0.425. The first kappa shape index (κ1) is 24.9. The van der Waals surface area contributed by atoms with E-state index >= 15 is 0 Å². The van der Waals surface area contributed by atoms with E-state index in [0.717, 1.165) is 44.1 Å². The fraction of sp³-hybridized carbons (Fsp3) is 0.538. The van der Waals surface area contributed by atoms with E-state index < -0.39 is 11.2 Å². The lowest BCUT2D eigenvalue weighted by Crippen LogP contribution is -2.33. The normalized spacial score (nSPS) is 13.5. The standard InChI is InChI=1S/C26H34FN5O3/c1-3-5-15-30-21(28-24-23(30)25(34)29-26(35)31(24)16-6-4-2)13-14-22(33)32(20-11-12-20)17-18-7-9-19(27)10-8-18/h7-10,20H,3-6,11-17H2,1-2H3,(H,29,34,35). The SMILES string of the molecule is CCCCn1c(CCC(=O)N(Cc2ccc(F)cc2)C2CC2)nc2c1c(=O)[nH]c(=O)n2CCCC. The first-order valence-corrected chi connectivity index (χ1v) is 12.7. The van der Waals surface area contributed by atoms with Crippen LogP contribution in [0.1, 0.15) is 70.2 Å². The van der Waals surface area contributed by atoms with Gasteiger partial charge in [-0.15, -0.1) is 0 Å². The van der Waals surface area contributed by atoms with Gasteiger partial charge in [0.25, 0.3) is 5.56 Å². The van der Waals surface area contributed by atoms with Crippen molar-refractivity contribution < 1.29 is 9.18 Å². The highest BCUT2D eigenvalue weighted by atomic mass is 19.1. The number of halogens is 1. The Morgan fingerprint density at radius 1 is 1.09 bits per heavy atom. The van der Waals surface area contributed by atoms with E-state index in [4.69, 9.17) is 4.98 Å². The van der Waals surface area contributed by atoms with Crippen molar-refractivity contribution in [3.63, 3.8) is 0 Å². The topological polar surface area (TPSA) is 93.0 Å². The van der Waals surface area contributed by atoms with Crippen molar-refractivity contribution in [2.75, 3.05) is 0 Å². The smallest absolute Gasteiger partial charge is 0.330 e. The Kier molecular flexibility index (Phi) is 7.83. The maximum Gasteiger partial charge on any atom is 0.330 e. The van der Waals surface area contributed by atoms with Crippen LogP contribution in [-0.2, 0) is 30.8 Å². The molecular weight excluding hydrogens is 449 g/mol. The van der Waals surface area contributed by atoms with Crippen molar-refractivity contribution in [2.24, 2.45) is 0 Å². The van der Waals surface area contributed by atoms with Crippen LogP contribution in [0.15, 0.2) is 33.9 Å². The molecule has 4 rings (SSSR count). The summed E-state index contributed by atoms with van der Waals surface area (Å²) >= 11 is 0. The number of amides is 1. The molecule has 0 saturated heterocycles. The van der Waals surface area contributed by atoms with Crippen molar-refractivity contribution >= 4 is 17.1 Å². The molecule has 2 heterocycles. The molecule has 3 aromatic rings. The Morgan fingerprint density at radius 3 is 2.37 bits per heavy atom. The zero-order valence-corrected chi connectivity index (χ0v) is 20.6. The van der Waals surface area contributed by atoms with E-state index in [-0.39, 0.29) is 24.2 Å². The highest BCUT2D eigenvalue weighted by molar-refractivity contribution is 5.77. The Morgan fingerprint density at radius 2 is 1.74 bits per heavy atom. The summed E-state index contributed by atoms with van der Waals surface area (Å²) in [6.07, 6.45) is 6.10. The van der Waals surface area contributed by atoms with E-state index in [1.165, 1.54) is 12.1 Å². The van der Waals surface area contributed by atoms with E-state index in [1.54, 1.807) is 16.7 Å². The minimum Gasteiger partial charge on any atom is -0.335 e. The fourth-order valence-electron chi connectivity index (χ4n) is 4.45. The molecule has 1 saturated carbocycles. The first-order chi connectivity index (χ1) is 16.9. The third-order valence-electron chi connectivity index (χ3n) is 6.57. The lowest BCUT2D eigenvalue weighted by atomic mass is 10.2. The molecule has 1 N–H and O–H groups in total. The average molecular weight is 484 g/mol. The molecule has 0 unspecified atom stereocenters. The third-order valence-corrected chi connectivity index (χ3v) is 6.57. The number of carbonyl (C=O) groups is 1. The number of nitrogens with one attached hydrogen (secondary N) is 1. The molecule has 9 heteroatoms.